The van der Waals surface area contributed by atoms with Crippen LogP contribution in [0.5, 0.6) is 11.5 Å². The molecule has 116 valence electrons. The Labute approximate surface area is 126 Å². The van der Waals surface area contributed by atoms with Gasteiger partial charge in [0.1, 0.15) is 6.54 Å². The van der Waals surface area contributed by atoms with Crippen molar-refractivity contribution in [1.29, 1.82) is 0 Å². The maximum atomic E-state index is 12.1. The number of nitrogens with one attached hydrogen (secondary N) is 1. The van der Waals surface area contributed by atoms with Gasteiger partial charge in [-0.3, -0.25) is 4.79 Å². The van der Waals surface area contributed by atoms with Gasteiger partial charge in [0.25, 0.3) is 0 Å². The Balaban J connectivity index is 1.65. The third kappa shape index (κ3) is 2.86. The molecule has 1 aromatic heterocycles. The van der Waals surface area contributed by atoms with Crippen LogP contribution in [0.2, 0.25) is 0 Å². The fourth-order valence-corrected chi connectivity index (χ4v) is 2.19. The summed E-state index contributed by atoms with van der Waals surface area (Å²) in [7, 11) is 0. The molecule has 1 aliphatic rings. The Morgan fingerprint density at radius 1 is 1.41 bits per heavy atom. The van der Waals surface area contributed by atoms with Crippen molar-refractivity contribution in [3.8, 4) is 11.5 Å². The minimum absolute atomic E-state index is 0.00290. The molecule has 2 N–H and O–H groups in total. The largest absolute Gasteiger partial charge is 0.454 e. The number of amides is 1. The van der Waals surface area contributed by atoms with Crippen LogP contribution >= 0.6 is 0 Å². The van der Waals surface area contributed by atoms with E-state index in [9.17, 15) is 4.79 Å². The van der Waals surface area contributed by atoms with Crippen molar-refractivity contribution >= 4 is 11.6 Å². The van der Waals surface area contributed by atoms with E-state index >= 15 is 0 Å². The fraction of sp³-hybridized carbons (Fsp3) is 0.357. The second kappa shape index (κ2) is 6.02. The fourth-order valence-electron chi connectivity index (χ4n) is 2.19. The predicted octanol–water partition coefficient (Wildman–Crippen LogP) is 0.489. The molecule has 0 spiro atoms. The SMILES string of the molecule is Cc1c(CCO)nnn1CC(=O)Nc1ccc2c(c1)OCO2. The first kappa shape index (κ1) is 14.3. The standard InChI is InChI=1S/C14H16N4O4/c1-9-11(4-5-19)16-17-18(9)7-14(20)15-10-2-3-12-13(6-10)22-8-21-12/h2-3,6,19H,4-5,7-8H2,1H3,(H,15,20). The Hall–Kier alpha value is -2.61. The van der Waals surface area contributed by atoms with Crippen LogP contribution < -0.4 is 14.8 Å². The Morgan fingerprint density at radius 3 is 3.05 bits per heavy atom. The quantitative estimate of drug-likeness (QED) is 0.834. The smallest absolute Gasteiger partial charge is 0.246 e. The number of ether oxygens (including phenoxy) is 2. The topological polar surface area (TPSA) is 98.5 Å². The molecule has 0 atom stereocenters. The van der Waals surface area contributed by atoms with Crippen LogP contribution in [0.1, 0.15) is 11.4 Å². The molecule has 0 radical (unpaired) electrons. The number of carbonyl (C=O) groups is 1. The van der Waals surface area contributed by atoms with Gasteiger partial charge >= 0.3 is 0 Å². The van der Waals surface area contributed by atoms with Crippen molar-refractivity contribution < 1.29 is 19.4 Å². The summed E-state index contributed by atoms with van der Waals surface area (Å²) in [5, 5.41) is 19.6. The number of aromatic nitrogens is 3. The first-order valence-electron chi connectivity index (χ1n) is 6.86. The number of carbonyl (C=O) groups excluding carboxylic acids is 1. The highest BCUT2D eigenvalue weighted by Gasteiger charge is 2.15. The van der Waals surface area contributed by atoms with Crippen LogP contribution in [0.3, 0.4) is 0 Å². The van der Waals surface area contributed by atoms with Crippen molar-refractivity contribution in [2.75, 3.05) is 18.7 Å². The summed E-state index contributed by atoms with van der Waals surface area (Å²) in [4.78, 5) is 12.1. The molecular formula is C14H16N4O4. The zero-order valence-electron chi connectivity index (χ0n) is 12.1. The Kier molecular flexibility index (Phi) is 3.92. The summed E-state index contributed by atoms with van der Waals surface area (Å²) in [6.07, 6.45) is 0.426. The average molecular weight is 304 g/mol. The van der Waals surface area contributed by atoms with Gasteiger partial charge in [0.15, 0.2) is 11.5 Å². The van der Waals surface area contributed by atoms with Crippen LogP contribution in [0.25, 0.3) is 0 Å². The molecule has 0 unspecified atom stereocenters. The molecule has 0 saturated heterocycles. The maximum absolute atomic E-state index is 12.1. The lowest BCUT2D eigenvalue weighted by Crippen LogP contribution is -2.20. The molecule has 1 aromatic carbocycles. The number of aliphatic hydroxyl groups is 1. The monoisotopic (exact) mass is 304 g/mol. The van der Waals surface area contributed by atoms with E-state index < -0.39 is 0 Å². The molecule has 0 bridgehead atoms. The third-order valence-electron chi connectivity index (χ3n) is 3.38. The molecular weight excluding hydrogens is 288 g/mol. The number of hydrogen-bond donors (Lipinski definition) is 2. The molecule has 1 amide bonds. The van der Waals surface area contributed by atoms with E-state index in [-0.39, 0.29) is 25.9 Å². The molecule has 0 saturated carbocycles. The van der Waals surface area contributed by atoms with Gasteiger partial charge in [0.05, 0.1) is 11.4 Å². The van der Waals surface area contributed by atoms with Gasteiger partial charge in [-0.1, -0.05) is 5.21 Å². The lowest BCUT2D eigenvalue weighted by atomic mass is 10.2. The van der Waals surface area contributed by atoms with Crippen molar-refractivity contribution in [3.05, 3.63) is 29.6 Å². The number of anilines is 1. The lowest BCUT2D eigenvalue weighted by molar-refractivity contribution is -0.117. The van der Waals surface area contributed by atoms with Crippen molar-refractivity contribution in [1.82, 2.24) is 15.0 Å². The van der Waals surface area contributed by atoms with Gasteiger partial charge in [-0.15, -0.1) is 5.10 Å². The van der Waals surface area contributed by atoms with Gasteiger partial charge in [-0.2, -0.15) is 0 Å². The van der Waals surface area contributed by atoms with E-state index in [1.54, 1.807) is 18.2 Å². The second-order valence-electron chi connectivity index (χ2n) is 4.87. The first-order valence-corrected chi connectivity index (χ1v) is 6.86. The second-order valence-corrected chi connectivity index (χ2v) is 4.87. The van der Waals surface area contributed by atoms with Crippen molar-refractivity contribution in [3.63, 3.8) is 0 Å². The average Bonchev–Trinajstić information content (AvgIpc) is 3.08. The van der Waals surface area contributed by atoms with Crippen LogP contribution in [0.15, 0.2) is 18.2 Å². The summed E-state index contributed by atoms with van der Waals surface area (Å²) in [6.45, 7) is 2.07. The Bertz CT molecular complexity index is 698. The predicted molar refractivity (Wildman–Crippen MR) is 76.7 cm³/mol. The van der Waals surface area contributed by atoms with Gasteiger partial charge in [-0.05, 0) is 19.1 Å². The molecule has 0 aliphatic carbocycles. The summed E-state index contributed by atoms with van der Waals surface area (Å²) < 4.78 is 12.0. The van der Waals surface area contributed by atoms with Gasteiger partial charge < -0.3 is 19.9 Å². The zero-order valence-corrected chi connectivity index (χ0v) is 12.1. The molecule has 22 heavy (non-hydrogen) atoms. The molecule has 8 nitrogen and oxygen atoms in total. The maximum Gasteiger partial charge on any atom is 0.246 e. The van der Waals surface area contributed by atoms with E-state index in [0.29, 0.717) is 29.3 Å². The van der Waals surface area contributed by atoms with E-state index in [2.05, 4.69) is 15.6 Å². The number of fused-ring (bicyclic) bond motifs is 1. The van der Waals surface area contributed by atoms with E-state index in [1.807, 2.05) is 6.92 Å². The molecule has 1 aliphatic heterocycles. The van der Waals surface area contributed by atoms with Gasteiger partial charge in [0.2, 0.25) is 12.7 Å². The molecule has 0 fully saturated rings. The zero-order chi connectivity index (χ0) is 15.5. The number of hydrogen-bond acceptors (Lipinski definition) is 6. The normalized spacial score (nSPS) is 12.5. The Morgan fingerprint density at radius 2 is 2.23 bits per heavy atom. The van der Waals surface area contributed by atoms with Crippen LogP contribution in [0, 0.1) is 6.92 Å². The van der Waals surface area contributed by atoms with Gasteiger partial charge in [-0.25, -0.2) is 4.68 Å². The van der Waals surface area contributed by atoms with E-state index in [1.165, 1.54) is 4.68 Å². The third-order valence-corrected chi connectivity index (χ3v) is 3.38. The lowest BCUT2D eigenvalue weighted by Gasteiger charge is -2.07. The summed E-state index contributed by atoms with van der Waals surface area (Å²) >= 11 is 0. The molecule has 2 aromatic rings. The first-order chi connectivity index (χ1) is 10.7. The molecule has 2 heterocycles. The van der Waals surface area contributed by atoms with Crippen LogP contribution in [-0.2, 0) is 17.8 Å². The summed E-state index contributed by atoms with van der Waals surface area (Å²) in [5.74, 6) is 1.06. The molecule has 8 heteroatoms. The van der Waals surface area contributed by atoms with Crippen LogP contribution in [-0.4, -0.2) is 39.4 Å². The highest BCUT2D eigenvalue weighted by molar-refractivity contribution is 5.90. The highest BCUT2D eigenvalue weighted by Crippen LogP contribution is 2.34. The van der Waals surface area contributed by atoms with Gasteiger partial charge in [0, 0.05) is 24.8 Å². The number of rotatable bonds is 5. The van der Waals surface area contributed by atoms with Crippen molar-refractivity contribution in [2.45, 2.75) is 19.9 Å². The minimum Gasteiger partial charge on any atom is -0.454 e. The van der Waals surface area contributed by atoms with Crippen molar-refractivity contribution in [2.24, 2.45) is 0 Å². The summed E-state index contributed by atoms with van der Waals surface area (Å²) in [6, 6.07) is 5.21. The number of aliphatic hydroxyl groups excluding tert-OH is 1. The van der Waals surface area contributed by atoms with E-state index in [4.69, 9.17) is 14.6 Å². The molecule has 3 rings (SSSR count). The van der Waals surface area contributed by atoms with E-state index in [0.717, 1.165) is 5.69 Å². The highest BCUT2D eigenvalue weighted by atomic mass is 16.7. The summed E-state index contributed by atoms with van der Waals surface area (Å²) in [5.41, 5.74) is 2.09. The number of nitrogens with zero attached hydrogens (tertiary/aromatic N) is 3. The minimum atomic E-state index is -0.220. The number of benzene rings is 1. The van der Waals surface area contributed by atoms with Crippen LogP contribution in [0.4, 0.5) is 5.69 Å².